The molecule has 5 rings (SSSR count). The molecule has 0 saturated carbocycles. The number of aryl methyl sites for hydroxylation is 1. The van der Waals surface area contributed by atoms with Gasteiger partial charge in [-0.3, -0.25) is 4.79 Å². The minimum atomic E-state index is -0.000177. The van der Waals surface area contributed by atoms with E-state index >= 15 is 0 Å². The molecule has 2 aromatic carbocycles. The van der Waals surface area contributed by atoms with Crippen molar-refractivity contribution in [3.63, 3.8) is 0 Å². The van der Waals surface area contributed by atoms with Gasteiger partial charge in [-0.25, -0.2) is 4.98 Å². The molecule has 0 saturated heterocycles. The fourth-order valence-electron chi connectivity index (χ4n) is 4.24. The predicted octanol–water partition coefficient (Wildman–Crippen LogP) is 6.16. The van der Waals surface area contributed by atoms with E-state index in [9.17, 15) is 4.79 Å². The number of carbonyl (C=O) groups excluding carboxylic acids is 1. The van der Waals surface area contributed by atoms with Crippen LogP contribution in [-0.2, 0) is 11.2 Å². The number of hydrogen-bond donors (Lipinski definition) is 2. The van der Waals surface area contributed by atoms with Crippen molar-refractivity contribution in [3.8, 4) is 16.3 Å². The standard InChI is InChI=1S/C27H25N3O2S2/c1-17-30-27(24-8-5-13-33-24)25(34-17)14-26(31)29-15-21(18-9-11-19(32-2)12-10-18)22-16-28-23-7-4-3-6-20(22)23/h3-13,16,21,28H,14-15H2,1-2H3,(H,29,31). The van der Waals surface area contributed by atoms with Crippen molar-refractivity contribution in [2.75, 3.05) is 13.7 Å². The van der Waals surface area contributed by atoms with Crippen molar-refractivity contribution < 1.29 is 9.53 Å². The first-order valence-corrected chi connectivity index (χ1v) is 12.8. The molecule has 5 nitrogen and oxygen atoms in total. The van der Waals surface area contributed by atoms with Crippen molar-refractivity contribution in [1.29, 1.82) is 0 Å². The number of hydrogen-bond acceptors (Lipinski definition) is 5. The summed E-state index contributed by atoms with van der Waals surface area (Å²) in [6.07, 6.45) is 2.37. The lowest BCUT2D eigenvalue weighted by Gasteiger charge is -2.18. The highest BCUT2D eigenvalue weighted by atomic mass is 32.1. The van der Waals surface area contributed by atoms with E-state index in [0.29, 0.717) is 13.0 Å². The van der Waals surface area contributed by atoms with Crippen LogP contribution >= 0.6 is 22.7 Å². The number of amides is 1. The van der Waals surface area contributed by atoms with Gasteiger partial charge in [0.25, 0.3) is 0 Å². The van der Waals surface area contributed by atoms with Crippen molar-refractivity contribution in [2.45, 2.75) is 19.3 Å². The molecule has 0 aliphatic carbocycles. The second-order valence-electron chi connectivity index (χ2n) is 8.08. The Labute approximate surface area is 206 Å². The maximum Gasteiger partial charge on any atom is 0.225 e. The maximum atomic E-state index is 13.1. The first-order chi connectivity index (χ1) is 16.6. The quantitative estimate of drug-likeness (QED) is 0.275. The van der Waals surface area contributed by atoms with Crippen LogP contribution < -0.4 is 10.1 Å². The molecule has 7 heteroatoms. The largest absolute Gasteiger partial charge is 0.497 e. The molecular weight excluding hydrogens is 462 g/mol. The van der Waals surface area contributed by atoms with E-state index in [2.05, 4.69) is 45.6 Å². The number of rotatable bonds is 8. The third-order valence-corrected chi connectivity index (χ3v) is 7.75. The molecule has 0 radical (unpaired) electrons. The number of carbonyl (C=O) groups is 1. The van der Waals surface area contributed by atoms with Gasteiger partial charge in [-0.15, -0.1) is 22.7 Å². The van der Waals surface area contributed by atoms with Crippen LogP contribution in [0.1, 0.15) is 26.9 Å². The highest BCUT2D eigenvalue weighted by molar-refractivity contribution is 7.15. The number of ether oxygens (including phenoxy) is 1. The van der Waals surface area contributed by atoms with E-state index in [1.165, 1.54) is 0 Å². The SMILES string of the molecule is COc1ccc(C(CNC(=O)Cc2sc(C)nc2-c2cccs2)c2c[nH]c3ccccc23)cc1. The first kappa shape index (κ1) is 22.4. The molecule has 0 fully saturated rings. The predicted molar refractivity (Wildman–Crippen MR) is 140 cm³/mol. The second-order valence-corrected chi connectivity index (χ2v) is 10.3. The summed E-state index contributed by atoms with van der Waals surface area (Å²) in [6.45, 7) is 2.49. The molecule has 1 amide bonds. The smallest absolute Gasteiger partial charge is 0.225 e. The van der Waals surface area contributed by atoms with Crippen LogP contribution in [0.3, 0.4) is 0 Å². The van der Waals surface area contributed by atoms with Gasteiger partial charge < -0.3 is 15.0 Å². The number of nitrogens with zero attached hydrogens (tertiary/aromatic N) is 1. The summed E-state index contributed by atoms with van der Waals surface area (Å²) in [5.74, 6) is 0.818. The Balaban J connectivity index is 1.38. The van der Waals surface area contributed by atoms with Crippen molar-refractivity contribution in [3.05, 3.63) is 93.3 Å². The highest BCUT2D eigenvalue weighted by Gasteiger charge is 2.21. The number of H-pyrrole nitrogens is 1. The van der Waals surface area contributed by atoms with Crippen molar-refractivity contribution in [2.24, 2.45) is 0 Å². The van der Waals surface area contributed by atoms with Crippen LogP contribution in [0.25, 0.3) is 21.5 Å². The number of thiazole rings is 1. The molecule has 0 aliphatic rings. The van der Waals surface area contributed by atoms with E-state index in [1.807, 2.05) is 48.8 Å². The number of benzene rings is 2. The number of thiophene rings is 1. The number of fused-ring (bicyclic) bond motifs is 1. The van der Waals surface area contributed by atoms with E-state index in [1.54, 1.807) is 29.8 Å². The maximum absolute atomic E-state index is 13.1. The number of para-hydroxylation sites is 1. The molecule has 172 valence electrons. The molecule has 1 atom stereocenters. The molecule has 0 bridgehead atoms. The summed E-state index contributed by atoms with van der Waals surface area (Å²) < 4.78 is 5.34. The van der Waals surface area contributed by atoms with Crippen LogP contribution in [0.2, 0.25) is 0 Å². The number of methoxy groups -OCH3 is 1. The van der Waals surface area contributed by atoms with Gasteiger partial charge in [-0.1, -0.05) is 36.4 Å². The molecule has 3 aromatic heterocycles. The van der Waals surface area contributed by atoms with Gasteiger partial charge in [-0.05, 0) is 47.7 Å². The number of nitrogens with one attached hydrogen (secondary N) is 2. The van der Waals surface area contributed by atoms with Crippen LogP contribution in [0.15, 0.2) is 72.2 Å². The summed E-state index contributed by atoms with van der Waals surface area (Å²) in [5, 5.41) is 7.36. The summed E-state index contributed by atoms with van der Waals surface area (Å²) in [4.78, 5) is 23.2. The molecule has 0 spiro atoms. The summed E-state index contributed by atoms with van der Waals surface area (Å²) in [5.41, 5.74) is 4.30. The van der Waals surface area contributed by atoms with Gasteiger partial charge in [0.15, 0.2) is 0 Å². The molecule has 34 heavy (non-hydrogen) atoms. The third-order valence-electron chi connectivity index (χ3n) is 5.90. The molecular formula is C27H25N3O2S2. The Bertz CT molecular complexity index is 1400. The zero-order chi connectivity index (χ0) is 23.5. The third kappa shape index (κ3) is 4.62. The van der Waals surface area contributed by atoms with Crippen LogP contribution in [-0.4, -0.2) is 29.5 Å². The van der Waals surface area contributed by atoms with E-state index in [4.69, 9.17) is 4.74 Å². The van der Waals surface area contributed by atoms with E-state index in [0.717, 1.165) is 48.2 Å². The Hall–Kier alpha value is -3.42. The van der Waals surface area contributed by atoms with Gasteiger partial charge in [0.2, 0.25) is 5.91 Å². The number of aromatic amines is 1. The van der Waals surface area contributed by atoms with Gasteiger partial charge in [0.1, 0.15) is 5.75 Å². The summed E-state index contributed by atoms with van der Waals surface area (Å²) in [6, 6.07) is 20.4. The Kier molecular flexibility index (Phi) is 6.47. The fourth-order valence-corrected chi connectivity index (χ4v) is 6.00. The van der Waals surface area contributed by atoms with Crippen LogP contribution in [0.4, 0.5) is 0 Å². The van der Waals surface area contributed by atoms with Crippen LogP contribution in [0, 0.1) is 6.92 Å². The average Bonchev–Trinajstić information content (AvgIpc) is 3.60. The summed E-state index contributed by atoms with van der Waals surface area (Å²) >= 11 is 3.24. The van der Waals surface area contributed by atoms with Crippen molar-refractivity contribution in [1.82, 2.24) is 15.3 Å². The monoisotopic (exact) mass is 487 g/mol. The fraction of sp³-hybridized carbons (Fsp3) is 0.185. The number of aromatic nitrogens is 2. The lowest BCUT2D eigenvalue weighted by atomic mass is 9.90. The zero-order valence-corrected chi connectivity index (χ0v) is 20.6. The first-order valence-electron chi connectivity index (χ1n) is 11.1. The topological polar surface area (TPSA) is 67.0 Å². The molecule has 2 N–H and O–H groups in total. The minimum absolute atomic E-state index is 0.000177. The van der Waals surface area contributed by atoms with Gasteiger partial charge in [0.05, 0.1) is 29.1 Å². The molecule has 3 heterocycles. The molecule has 1 unspecified atom stereocenters. The molecule has 5 aromatic rings. The summed E-state index contributed by atoms with van der Waals surface area (Å²) in [7, 11) is 1.66. The lowest BCUT2D eigenvalue weighted by molar-refractivity contribution is -0.120. The Morgan fingerprint density at radius 3 is 2.71 bits per heavy atom. The molecule has 0 aliphatic heterocycles. The van der Waals surface area contributed by atoms with Gasteiger partial charge in [0, 0.05) is 34.4 Å². The van der Waals surface area contributed by atoms with Crippen LogP contribution in [0.5, 0.6) is 5.75 Å². The zero-order valence-electron chi connectivity index (χ0n) is 19.0. The van der Waals surface area contributed by atoms with Gasteiger partial charge >= 0.3 is 0 Å². The normalized spacial score (nSPS) is 12.1. The van der Waals surface area contributed by atoms with Crippen molar-refractivity contribution >= 4 is 39.5 Å². The average molecular weight is 488 g/mol. The Morgan fingerprint density at radius 1 is 1.12 bits per heavy atom. The van der Waals surface area contributed by atoms with Gasteiger partial charge in [-0.2, -0.15) is 0 Å². The lowest BCUT2D eigenvalue weighted by Crippen LogP contribution is -2.30. The highest BCUT2D eigenvalue weighted by Crippen LogP contribution is 2.33. The minimum Gasteiger partial charge on any atom is -0.497 e. The Morgan fingerprint density at radius 2 is 1.94 bits per heavy atom. The van der Waals surface area contributed by atoms with E-state index < -0.39 is 0 Å². The second kappa shape index (κ2) is 9.83. The van der Waals surface area contributed by atoms with E-state index in [-0.39, 0.29) is 11.8 Å².